The quantitative estimate of drug-likeness (QED) is 0.770. The molecule has 2 aromatic rings. The zero-order valence-corrected chi connectivity index (χ0v) is 13.2. The molecular weight excluding hydrogens is 262 g/mol. The molecule has 0 bridgehead atoms. The zero-order valence-electron chi connectivity index (χ0n) is 13.2. The van der Waals surface area contributed by atoms with E-state index in [0.29, 0.717) is 5.75 Å². The van der Waals surface area contributed by atoms with Crippen molar-refractivity contribution in [1.29, 1.82) is 0 Å². The Hall–Kier alpha value is -1.81. The van der Waals surface area contributed by atoms with Crippen LogP contribution in [0.25, 0.3) is 0 Å². The molecule has 0 amide bonds. The molecule has 114 valence electrons. The summed E-state index contributed by atoms with van der Waals surface area (Å²) in [5, 5.41) is 17.4. The van der Waals surface area contributed by atoms with Gasteiger partial charge >= 0.3 is 0 Å². The predicted octanol–water partition coefficient (Wildman–Crippen LogP) is 2.80. The molecule has 0 aliphatic heterocycles. The van der Waals surface area contributed by atoms with E-state index in [9.17, 15) is 5.11 Å². The van der Waals surface area contributed by atoms with Gasteiger partial charge in [0.05, 0.1) is 12.2 Å². The molecule has 0 saturated heterocycles. The lowest BCUT2D eigenvalue weighted by Gasteiger charge is -2.07. The predicted molar refractivity (Wildman–Crippen MR) is 85.8 cm³/mol. The van der Waals surface area contributed by atoms with Gasteiger partial charge in [-0.15, -0.1) is 0 Å². The summed E-state index contributed by atoms with van der Waals surface area (Å²) in [5.74, 6) is 0.301. The summed E-state index contributed by atoms with van der Waals surface area (Å²) in [4.78, 5) is 0. The van der Waals surface area contributed by atoms with Crippen molar-refractivity contribution in [3.63, 3.8) is 0 Å². The fraction of sp³-hybridized carbons (Fsp3) is 0.471. The number of hydrogen-bond acceptors (Lipinski definition) is 3. The fourth-order valence-corrected chi connectivity index (χ4v) is 2.54. The van der Waals surface area contributed by atoms with Crippen molar-refractivity contribution in [2.24, 2.45) is 0 Å². The first-order valence-corrected chi connectivity index (χ1v) is 7.63. The monoisotopic (exact) mass is 287 g/mol. The smallest absolute Gasteiger partial charge is 0.115 e. The van der Waals surface area contributed by atoms with Gasteiger partial charge in [-0.05, 0) is 63.0 Å². The Morgan fingerprint density at radius 1 is 1.14 bits per heavy atom. The van der Waals surface area contributed by atoms with Crippen molar-refractivity contribution in [2.75, 3.05) is 13.1 Å². The highest BCUT2D eigenvalue weighted by Gasteiger charge is 2.11. The number of aromatic nitrogens is 2. The van der Waals surface area contributed by atoms with Crippen LogP contribution in [0.1, 0.15) is 35.9 Å². The minimum atomic E-state index is 0.301. The maximum Gasteiger partial charge on any atom is 0.115 e. The molecular formula is C17H25N3O. The largest absolute Gasteiger partial charge is 0.508 e. The molecule has 0 spiro atoms. The Labute approximate surface area is 126 Å². The molecule has 0 fully saturated rings. The number of hydrogen-bond donors (Lipinski definition) is 2. The van der Waals surface area contributed by atoms with Crippen LogP contribution in [0.4, 0.5) is 0 Å². The third-order valence-corrected chi connectivity index (χ3v) is 3.78. The third kappa shape index (κ3) is 4.08. The molecule has 1 aromatic heterocycles. The van der Waals surface area contributed by atoms with E-state index < -0.39 is 0 Å². The Morgan fingerprint density at radius 3 is 2.52 bits per heavy atom. The molecule has 4 heteroatoms. The minimum absolute atomic E-state index is 0.301. The number of nitrogens with zero attached hydrogens (tertiary/aromatic N) is 2. The first kappa shape index (κ1) is 15.6. The topological polar surface area (TPSA) is 50.1 Å². The second-order valence-electron chi connectivity index (χ2n) is 5.47. The molecule has 0 unspecified atom stereocenters. The van der Waals surface area contributed by atoms with E-state index >= 15 is 0 Å². The lowest BCUT2D eigenvalue weighted by molar-refractivity contribution is 0.475. The van der Waals surface area contributed by atoms with E-state index in [2.05, 4.69) is 35.9 Å². The summed E-state index contributed by atoms with van der Waals surface area (Å²) in [7, 11) is 0. The van der Waals surface area contributed by atoms with E-state index in [1.54, 1.807) is 12.1 Å². The molecule has 0 aliphatic carbocycles. The molecule has 0 atom stereocenters. The number of phenolic OH excluding ortho intramolecular Hbond substituents is 1. The summed E-state index contributed by atoms with van der Waals surface area (Å²) in [6.07, 6.45) is 2.19. The highest BCUT2D eigenvalue weighted by molar-refractivity contribution is 5.28. The van der Waals surface area contributed by atoms with Gasteiger partial charge < -0.3 is 10.4 Å². The van der Waals surface area contributed by atoms with Gasteiger partial charge in [-0.2, -0.15) is 5.10 Å². The lowest BCUT2D eigenvalue weighted by Crippen LogP contribution is -2.18. The van der Waals surface area contributed by atoms with Crippen LogP contribution in [-0.4, -0.2) is 28.0 Å². The van der Waals surface area contributed by atoms with Crippen LogP contribution in [0, 0.1) is 13.8 Å². The van der Waals surface area contributed by atoms with Gasteiger partial charge in [0.1, 0.15) is 5.75 Å². The van der Waals surface area contributed by atoms with Gasteiger partial charge in [-0.1, -0.05) is 19.1 Å². The SMILES string of the molecule is CCCNCCc1c(C)nn(Cc2ccc(O)cc2)c1C. The molecule has 1 aromatic carbocycles. The molecule has 0 saturated carbocycles. The zero-order chi connectivity index (χ0) is 15.2. The summed E-state index contributed by atoms with van der Waals surface area (Å²) in [5.41, 5.74) is 4.84. The van der Waals surface area contributed by atoms with E-state index in [0.717, 1.165) is 43.7 Å². The average Bonchev–Trinajstić information content (AvgIpc) is 2.73. The average molecular weight is 287 g/mol. The van der Waals surface area contributed by atoms with Gasteiger partial charge in [0.15, 0.2) is 0 Å². The van der Waals surface area contributed by atoms with Gasteiger partial charge in [-0.25, -0.2) is 0 Å². The van der Waals surface area contributed by atoms with Crippen molar-refractivity contribution in [1.82, 2.24) is 15.1 Å². The summed E-state index contributed by atoms with van der Waals surface area (Å²) < 4.78 is 2.05. The summed E-state index contributed by atoms with van der Waals surface area (Å²) in [6, 6.07) is 7.32. The number of rotatable bonds is 7. The van der Waals surface area contributed by atoms with Crippen LogP contribution >= 0.6 is 0 Å². The normalized spacial score (nSPS) is 11.0. The molecule has 0 aliphatic rings. The molecule has 21 heavy (non-hydrogen) atoms. The van der Waals surface area contributed by atoms with Crippen molar-refractivity contribution >= 4 is 0 Å². The van der Waals surface area contributed by atoms with E-state index in [4.69, 9.17) is 0 Å². The van der Waals surface area contributed by atoms with E-state index in [1.807, 2.05) is 12.1 Å². The Balaban J connectivity index is 2.05. The maximum atomic E-state index is 9.34. The first-order valence-electron chi connectivity index (χ1n) is 7.63. The standard InChI is InChI=1S/C17H25N3O/c1-4-10-18-11-9-17-13(2)19-20(14(17)3)12-15-5-7-16(21)8-6-15/h5-8,18,21H,4,9-12H2,1-3H3. The van der Waals surface area contributed by atoms with Crippen molar-refractivity contribution in [3.8, 4) is 5.75 Å². The lowest BCUT2D eigenvalue weighted by atomic mass is 10.1. The second kappa shape index (κ2) is 7.27. The van der Waals surface area contributed by atoms with Crippen LogP contribution in [0.15, 0.2) is 24.3 Å². The van der Waals surface area contributed by atoms with E-state index in [1.165, 1.54) is 11.3 Å². The van der Waals surface area contributed by atoms with Gasteiger partial charge in [0, 0.05) is 5.69 Å². The van der Waals surface area contributed by atoms with Gasteiger partial charge in [0.2, 0.25) is 0 Å². The van der Waals surface area contributed by atoms with Crippen LogP contribution in [0.5, 0.6) is 5.75 Å². The number of aryl methyl sites for hydroxylation is 1. The third-order valence-electron chi connectivity index (χ3n) is 3.78. The molecule has 1 heterocycles. The van der Waals surface area contributed by atoms with Crippen LogP contribution in [0.2, 0.25) is 0 Å². The second-order valence-corrected chi connectivity index (χ2v) is 5.47. The van der Waals surface area contributed by atoms with Crippen molar-refractivity contribution in [3.05, 3.63) is 46.8 Å². The Morgan fingerprint density at radius 2 is 1.86 bits per heavy atom. The highest BCUT2D eigenvalue weighted by Crippen LogP contribution is 2.16. The highest BCUT2D eigenvalue weighted by atomic mass is 16.3. The number of benzene rings is 1. The van der Waals surface area contributed by atoms with Gasteiger partial charge in [-0.3, -0.25) is 4.68 Å². The van der Waals surface area contributed by atoms with Gasteiger partial charge in [0.25, 0.3) is 0 Å². The summed E-state index contributed by atoms with van der Waals surface area (Å²) in [6.45, 7) is 9.21. The van der Waals surface area contributed by atoms with E-state index in [-0.39, 0.29) is 0 Å². The molecule has 0 radical (unpaired) electrons. The Kier molecular flexibility index (Phi) is 5.39. The van der Waals surface area contributed by atoms with Crippen molar-refractivity contribution in [2.45, 2.75) is 40.2 Å². The molecule has 2 N–H and O–H groups in total. The maximum absolute atomic E-state index is 9.34. The summed E-state index contributed by atoms with van der Waals surface area (Å²) >= 11 is 0. The molecule has 2 rings (SSSR count). The minimum Gasteiger partial charge on any atom is -0.508 e. The van der Waals surface area contributed by atoms with Crippen LogP contribution in [-0.2, 0) is 13.0 Å². The molecule has 4 nitrogen and oxygen atoms in total. The Bertz CT molecular complexity index is 572. The first-order chi connectivity index (χ1) is 10.1. The van der Waals surface area contributed by atoms with Crippen LogP contribution < -0.4 is 5.32 Å². The fourth-order valence-electron chi connectivity index (χ4n) is 2.54. The van der Waals surface area contributed by atoms with Crippen molar-refractivity contribution < 1.29 is 5.11 Å². The number of aromatic hydroxyl groups is 1. The number of nitrogens with one attached hydrogen (secondary N) is 1. The number of phenols is 1. The van der Waals surface area contributed by atoms with Crippen LogP contribution in [0.3, 0.4) is 0 Å².